The van der Waals surface area contributed by atoms with E-state index < -0.39 is 0 Å². The molecule has 0 saturated carbocycles. The summed E-state index contributed by atoms with van der Waals surface area (Å²) in [6.07, 6.45) is 0. The maximum absolute atomic E-state index is 9.10. The summed E-state index contributed by atoms with van der Waals surface area (Å²) in [5.41, 5.74) is 0. The van der Waals surface area contributed by atoms with E-state index in [1.807, 2.05) is 12.1 Å². The van der Waals surface area contributed by atoms with Gasteiger partial charge in [-0.05, 0) is 35.7 Å². The van der Waals surface area contributed by atoms with E-state index in [1.165, 1.54) is 9.77 Å². The number of aromatic hydroxyl groups is 1. The highest BCUT2D eigenvalue weighted by Gasteiger charge is 1.96. The molecule has 0 bridgehead atoms. The Balaban J connectivity index is 1.95. The van der Waals surface area contributed by atoms with Gasteiger partial charge in [0.05, 0.1) is 0 Å². The molecule has 0 aliphatic carbocycles. The number of phenols is 1. The maximum atomic E-state index is 9.10. The highest BCUT2D eigenvalue weighted by molar-refractivity contribution is 7.98. The SMILES string of the molecule is Oc1ccc(SCc2cccs2)cc1. The average molecular weight is 222 g/mol. The predicted molar refractivity (Wildman–Crippen MR) is 62.0 cm³/mol. The lowest BCUT2D eigenvalue weighted by atomic mass is 10.3. The van der Waals surface area contributed by atoms with Gasteiger partial charge in [-0.1, -0.05) is 6.07 Å². The van der Waals surface area contributed by atoms with Crippen molar-refractivity contribution in [3.63, 3.8) is 0 Å². The molecule has 1 aromatic heterocycles. The third-order valence-electron chi connectivity index (χ3n) is 1.80. The molecule has 1 nitrogen and oxygen atoms in total. The molecule has 3 heteroatoms. The zero-order valence-corrected chi connectivity index (χ0v) is 9.15. The van der Waals surface area contributed by atoms with Crippen LogP contribution in [0, 0.1) is 0 Å². The monoisotopic (exact) mass is 222 g/mol. The van der Waals surface area contributed by atoms with E-state index in [4.69, 9.17) is 5.11 Å². The van der Waals surface area contributed by atoms with E-state index in [0.717, 1.165) is 5.75 Å². The number of thioether (sulfide) groups is 1. The fraction of sp³-hybridized carbons (Fsp3) is 0.0909. The molecule has 0 unspecified atom stereocenters. The van der Waals surface area contributed by atoms with E-state index >= 15 is 0 Å². The zero-order chi connectivity index (χ0) is 9.80. The molecule has 1 N–H and O–H groups in total. The molecule has 0 spiro atoms. The van der Waals surface area contributed by atoms with Gasteiger partial charge in [-0.15, -0.1) is 23.1 Å². The van der Waals surface area contributed by atoms with Gasteiger partial charge in [-0.2, -0.15) is 0 Å². The maximum Gasteiger partial charge on any atom is 0.115 e. The number of hydrogen-bond donors (Lipinski definition) is 1. The summed E-state index contributed by atoms with van der Waals surface area (Å²) < 4.78 is 0. The smallest absolute Gasteiger partial charge is 0.115 e. The molecule has 0 aliphatic heterocycles. The molecule has 0 radical (unpaired) electrons. The minimum atomic E-state index is 0.325. The lowest BCUT2D eigenvalue weighted by Crippen LogP contribution is -1.73. The van der Waals surface area contributed by atoms with Gasteiger partial charge in [0.25, 0.3) is 0 Å². The lowest BCUT2D eigenvalue weighted by Gasteiger charge is -1.99. The largest absolute Gasteiger partial charge is 0.508 e. The van der Waals surface area contributed by atoms with Crippen LogP contribution in [0.25, 0.3) is 0 Å². The standard InChI is InChI=1S/C11H10OS2/c12-9-3-5-10(6-4-9)14-8-11-2-1-7-13-11/h1-7,12H,8H2. The Morgan fingerprint density at radius 2 is 1.93 bits per heavy atom. The Morgan fingerprint density at radius 3 is 2.57 bits per heavy atom. The second-order valence-corrected chi connectivity index (χ2v) is 4.94. The van der Waals surface area contributed by atoms with E-state index in [2.05, 4.69) is 17.5 Å². The Kier molecular flexibility index (Phi) is 3.11. The second-order valence-electron chi connectivity index (χ2n) is 2.86. The first-order chi connectivity index (χ1) is 6.84. The van der Waals surface area contributed by atoms with Crippen molar-refractivity contribution in [3.05, 3.63) is 46.7 Å². The Labute approximate surface area is 91.4 Å². The molecule has 2 rings (SSSR count). The van der Waals surface area contributed by atoms with Crippen LogP contribution in [0.2, 0.25) is 0 Å². The third-order valence-corrected chi connectivity index (χ3v) is 3.92. The van der Waals surface area contributed by atoms with Gasteiger partial charge >= 0.3 is 0 Å². The molecule has 0 amide bonds. The molecule has 0 aliphatic rings. The van der Waals surface area contributed by atoms with Crippen molar-refractivity contribution in [1.29, 1.82) is 0 Å². The number of phenolic OH excluding ortho intramolecular Hbond substituents is 1. The number of benzene rings is 1. The van der Waals surface area contributed by atoms with Crippen LogP contribution in [-0.2, 0) is 5.75 Å². The van der Waals surface area contributed by atoms with Gasteiger partial charge in [0.1, 0.15) is 5.75 Å². The lowest BCUT2D eigenvalue weighted by molar-refractivity contribution is 0.475. The molecule has 0 fully saturated rings. The Hall–Kier alpha value is -0.930. The normalized spacial score (nSPS) is 10.3. The van der Waals surface area contributed by atoms with Crippen LogP contribution >= 0.6 is 23.1 Å². The van der Waals surface area contributed by atoms with Gasteiger partial charge in [-0.3, -0.25) is 0 Å². The van der Waals surface area contributed by atoms with Crippen molar-refractivity contribution in [3.8, 4) is 5.75 Å². The van der Waals surface area contributed by atoms with Crippen molar-refractivity contribution < 1.29 is 5.11 Å². The van der Waals surface area contributed by atoms with Crippen LogP contribution in [0.5, 0.6) is 5.75 Å². The molecule has 1 aromatic carbocycles. The highest BCUT2D eigenvalue weighted by atomic mass is 32.2. The van der Waals surface area contributed by atoms with E-state index in [0.29, 0.717) is 5.75 Å². The van der Waals surface area contributed by atoms with Crippen molar-refractivity contribution in [2.75, 3.05) is 0 Å². The van der Waals surface area contributed by atoms with Crippen LogP contribution in [-0.4, -0.2) is 5.11 Å². The predicted octanol–water partition coefficient (Wildman–Crippen LogP) is 3.75. The summed E-state index contributed by atoms with van der Waals surface area (Å²) in [6.45, 7) is 0. The molecular formula is C11H10OS2. The van der Waals surface area contributed by atoms with Gasteiger partial charge < -0.3 is 5.11 Å². The summed E-state index contributed by atoms with van der Waals surface area (Å²) in [7, 11) is 0. The first-order valence-electron chi connectivity index (χ1n) is 4.29. The second kappa shape index (κ2) is 4.53. The first kappa shape index (κ1) is 9.62. The number of rotatable bonds is 3. The summed E-state index contributed by atoms with van der Waals surface area (Å²) >= 11 is 3.56. The van der Waals surface area contributed by atoms with E-state index in [-0.39, 0.29) is 0 Å². The molecular weight excluding hydrogens is 212 g/mol. The average Bonchev–Trinajstić information content (AvgIpc) is 2.70. The highest BCUT2D eigenvalue weighted by Crippen LogP contribution is 2.26. The minimum absolute atomic E-state index is 0.325. The minimum Gasteiger partial charge on any atom is -0.508 e. The molecule has 2 aromatic rings. The van der Waals surface area contributed by atoms with Gasteiger partial charge in [-0.25, -0.2) is 0 Å². The summed E-state index contributed by atoms with van der Waals surface area (Å²) in [5, 5.41) is 11.2. The van der Waals surface area contributed by atoms with Crippen LogP contribution in [0.4, 0.5) is 0 Å². The van der Waals surface area contributed by atoms with E-state index in [9.17, 15) is 0 Å². The summed E-state index contributed by atoms with van der Waals surface area (Å²) in [4.78, 5) is 2.57. The van der Waals surface area contributed by atoms with Crippen molar-refractivity contribution in [2.24, 2.45) is 0 Å². The van der Waals surface area contributed by atoms with Gasteiger partial charge in [0, 0.05) is 15.5 Å². The fourth-order valence-electron chi connectivity index (χ4n) is 1.09. The third kappa shape index (κ3) is 2.53. The van der Waals surface area contributed by atoms with Crippen LogP contribution in [0.3, 0.4) is 0 Å². The quantitative estimate of drug-likeness (QED) is 0.798. The molecule has 0 saturated heterocycles. The Bertz CT molecular complexity index is 378. The summed E-state index contributed by atoms with van der Waals surface area (Å²) in [6, 6.07) is 11.5. The van der Waals surface area contributed by atoms with Gasteiger partial charge in [0.15, 0.2) is 0 Å². The van der Waals surface area contributed by atoms with Gasteiger partial charge in [0.2, 0.25) is 0 Å². The van der Waals surface area contributed by atoms with Crippen LogP contribution in [0.1, 0.15) is 4.88 Å². The van der Waals surface area contributed by atoms with Crippen molar-refractivity contribution in [1.82, 2.24) is 0 Å². The number of hydrogen-bond acceptors (Lipinski definition) is 3. The van der Waals surface area contributed by atoms with Crippen molar-refractivity contribution in [2.45, 2.75) is 10.6 Å². The van der Waals surface area contributed by atoms with Crippen LogP contribution in [0.15, 0.2) is 46.7 Å². The molecule has 1 heterocycles. The zero-order valence-electron chi connectivity index (χ0n) is 7.51. The number of thiophene rings is 1. The van der Waals surface area contributed by atoms with E-state index in [1.54, 1.807) is 35.2 Å². The molecule has 0 atom stereocenters. The summed E-state index contributed by atoms with van der Waals surface area (Å²) in [5.74, 6) is 1.33. The topological polar surface area (TPSA) is 20.2 Å². The first-order valence-corrected chi connectivity index (χ1v) is 6.15. The van der Waals surface area contributed by atoms with Crippen LogP contribution < -0.4 is 0 Å². The van der Waals surface area contributed by atoms with Crippen molar-refractivity contribution >= 4 is 23.1 Å². The molecule has 72 valence electrons. The Morgan fingerprint density at radius 1 is 1.14 bits per heavy atom. The molecule has 14 heavy (non-hydrogen) atoms. The fourth-order valence-corrected chi connectivity index (χ4v) is 2.76.